The summed E-state index contributed by atoms with van der Waals surface area (Å²) in [7, 11) is 1.24. The van der Waals surface area contributed by atoms with Crippen molar-refractivity contribution < 1.29 is 14.7 Å². The first-order valence-corrected chi connectivity index (χ1v) is 8.77. The van der Waals surface area contributed by atoms with Crippen molar-refractivity contribution in [3.05, 3.63) is 0 Å². The Morgan fingerprint density at radius 2 is 1.42 bits per heavy atom. The normalized spacial score (nSPS) is 19.5. The van der Waals surface area contributed by atoms with Crippen LogP contribution in [0.5, 0.6) is 0 Å². The van der Waals surface area contributed by atoms with E-state index in [9.17, 15) is 11.6 Å². The summed E-state index contributed by atoms with van der Waals surface area (Å²) in [5, 5.41) is 0. The summed E-state index contributed by atoms with van der Waals surface area (Å²) in [6, 6.07) is 0. The zero-order valence-electron chi connectivity index (χ0n) is 7.35. The fourth-order valence-electron chi connectivity index (χ4n) is 0.463. The van der Waals surface area contributed by atoms with Gasteiger partial charge in [0.1, 0.15) is 0 Å². The average molecular weight is 307 g/mol. The predicted molar refractivity (Wildman–Crippen MR) is 40.1 cm³/mol. The molecule has 0 aromatic rings. The Balaban J connectivity index is 4.93. The van der Waals surface area contributed by atoms with Crippen LogP contribution in [0, 0.1) is 0 Å². The number of halogens is 4. The van der Waals surface area contributed by atoms with Gasteiger partial charge in [0, 0.05) is 0 Å². The molecule has 0 atom stereocenters. The van der Waals surface area contributed by atoms with Crippen LogP contribution in [0.25, 0.3) is 0 Å². The SMILES string of the molecule is CC(C)O[Te](F)(F)(F)(F)N(C)C. The van der Waals surface area contributed by atoms with Crippen molar-refractivity contribution in [1.29, 1.82) is 0 Å². The molecule has 0 saturated heterocycles. The van der Waals surface area contributed by atoms with Crippen LogP contribution in [-0.2, 0) is 3.10 Å². The molecular formula is C5H13F4NOTe. The van der Waals surface area contributed by atoms with E-state index in [1.807, 2.05) is 0 Å². The van der Waals surface area contributed by atoms with Crippen molar-refractivity contribution in [2.75, 3.05) is 14.1 Å². The van der Waals surface area contributed by atoms with Gasteiger partial charge in [-0.2, -0.15) is 0 Å². The van der Waals surface area contributed by atoms with E-state index in [0.717, 1.165) is 13.8 Å². The van der Waals surface area contributed by atoms with Gasteiger partial charge in [-0.15, -0.1) is 0 Å². The molecular weight excluding hydrogens is 294 g/mol. The molecule has 0 heterocycles. The molecule has 0 amide bonds. The third kappa shape index (κ3) is 3.05. The molecule has 2 nitrogen and oxygen atoms in total. The molecule has 0 N–H and O–H groups in total. The van der Waals surface area contributed by atoms with Crippen LogP contribution in [0.2, 0.25) is 0 Å². The monoisotopic (exact) mass is 309 g/mol. The Labute approximate surface area is 70.6 Å². The fraction of sp³-hybridized carbons (Fsp3) is 1.00. The van der Waals surface area contributed by atoms with Gasteiger partial charge >= 0.3 is 70.3 Å². The van der Waals surface area contributed by atoms with Crippen LogP contribution >= 0.6 is 0 Å². The first-order chi connectivity index (χ1) is 4.88. The van der Waals surface area contributed by atoms with Gasteiger partial charge in [-0.1, -0.05) is 0 Å². The number of hydrogen-bond donors (Lipinski definition) is 0. The molecule has 7 heteroatoms. The molecule has 0 aromatic heterocycles. The molecule has 0 rings (SSSR count). The molecule has 0 saturated carbocycles. The van der Waals surface area contributed by atoms with Crippen molar-refractivity contribution in [1.82, 2.24) is 3.15 Å². The Morgan fingerprint density at radius 1 is 1.08 bits per heavy atom. The molecule has 0 bridgehead atoms. The summed E-state index contributed by atoms with van der Waals surface area (Å²) in [5.41, 5.74) is 0. The maximum atomic E-state index is 12.7. The van der Waals surface area contributed by atoms with Crippen molar-refractivity contribution >= 4 is 18.4 Å². The molecule has 0 aliphatic rings. The molecule has 12 heavy (non-hydrogen) atoms. The van der Waals surface area contributed by atoms with E-state index in [2.05, 4.69) is 3.10 Å². The second-order valence-corrected chi connectivity index (χ2v) is 11.0. The summed E-state index contributed by atoms with van der Waals surface area (Å²) in [4.78, 5) is 0. The molecule has 0 aliphatic heterocycles. The summed E-state index contributed by atoms with van der Waals surface area (Å²) in [6.07, 6.45) is -1.19. The van der Waals surface area contributed by atoms with E-state index in [-0.39, 0.29) is 3.15 Å². The Hall–Kier alpha value is 0.430. The minimum absolute atomic E-state index is 0.373. The van der Waals surface area contributed by atoms with Crippen LogP contribution in [0.4, 0.5) is 11.6 Å². The van der Waals surface area contributed by atoms with Crippen LogP contribution in [0.3, 0.4) is 0 Å². The quantitative estimate of drug-likeness (QED) is 0.585. The zero-order chi connectivity index (χ0) is 10.3. The predicted octanol–water partition coefficient (Wildman–Crippen LogP) is 2.19. The molecule has 0 fully saturated rings. The first-order valence-electron chi connectivity index (χ1n) is 3.25. The van der Waals surface area contributed by atoms with Gasteiger partial charge in [-0.25, -0.2) is 0 Å². The van der Waals surface area contributed by atoms with Gasteiger partial charge < -0.3 is 0 Å². The number of hydrogen-bond acceptors (Lipinski definition) is 2. The van der Waals surface area contributed by atoms with Gasteiger partial charge in [0.05, 0.1) is 0 Å². The summed E-state index contributed by atoms with van der Waals surface area (Å²) in [6.45, 7) is 2.29. The molecule has 0 aliphatic carbocycles. The van der Waals surface area contributed by atoms with E-state index in [0.29, 0.717) is 14.1 Å². The first kappa shape index (κ1) is 12.4. The fourth-order valence-corrected chi connectivity index (χ4v) is 3.11. The maximum absolute atomic E-state index is 12.7. The average Bonchev–Trinajstić information content (AvgIpc) is 1.54. The van der Waals surface area contributed by atoms with E-state index in [1.54, 1.807) is 0 Å². The molecule has 78 valence electrons. The van der Waals surface area contributed by atoms with Crippen molar-refractivity contribution in [2.45, 2.75) is 20.0 Å². The van der Waals surface area contributed by atoms with Crippen LogP contribution in [0.15, 0.2) is 0 Å². The van der Waals surface area contributed by atoms with Gasteiger partial charge in [-0.3, -0.25) is 0 Å². The second kappa shape index (κ2) is 2.47. The number of rotatable bonds is 3. The Morgan fingerprint density at radius 3 is 1.50 bits per heavy atom. The topological polar surface area (TPSA) is 12.5 Å². The summed E-state index contributed by atoms with van der Waals surface area (Å²) in [5.74, 6) is 0. The second-order valence-electron chi connectivity index (χ2n) is 2.91. The van der Waals surface area contributed by atoms with E-state index < -0.39 is 24.5 Å². The van der Waals surface area contributed by atoms with E-state index in [4.69, 9.17) is 0 Å². The van der Waals surface area contributed by atoms with E-state index >= 15 is 0 Å². The Bertz CT molecular complexity index is 184. The minimum atomic E-state index is -9.25. The third-order valence-electron chi connectivity index (χ3n) is 1.08. The van der Waals surface area contributed by atoms with Crippen molar-refractivity contribution in [3.8, 4) is 0 Å². The molecule has 0 unspecified atom stereocenters. The summed E-state index contributed by atoms with van der Waals surface area (Å²) >= 11 is -9.25. The zero-order valence-corrected chi connectivity index (χ0v) is 9.68. The molecule has 0 spiro atoms. The van der Waals surface area contributed by atoms with Gasteiger partial charge in [0.2, 0.25) is 0 Å². The summed E-state index contributed by atoms with van der Waals surface area (Å²) < 4.78 is 54.1. The molecule has 0 radical (unpaired) electrons. The Kier molecular flexibility index (Phi) is 2.56. The van der Waals surface area contributed by atoms with Gasteiger partial charge in [-0.05, 0) is 0 Å². The van der Waals surface area contributed by atoms with Crippen LogP contribution < -0.4 is 0 Å². The van der Waals surface area contributed by atoms with Gasteiger partial charge in [0.25, 0.3) is 0 Å². The molecule has 0 aromatic carbocycles. The third-order valence-corrected chi connectivity index (χ3v) is 7.26. The standard InChI is InChI=1S/C5H13F4NOTe/c1-5(2)11-12(6,7,8,9)10(3)4/h5H,1-4H3. The van der Waals surface area contributed by atoms with Gasteiger partial charge in [0.15, 0.2) is 0 Å². The van der Waals surface area contributed by atoms with Crippen molar-refractivity contribution in [3.63, 3.8) is 0 Å². The van der Waals surface area contributed by atoms with Crippen LogP contribution in [-0.4, -0.2) is 41.7 Å². The van der Waals surface area contributed by atoms with Crippen molar-refractivity contribution in [2.24, 2.45) is 0 Å². The number of nitrogens with zero attached hydrogens (tertiary/aromatic N) is 1. The van der Waals surface area contributed by atoms with Crippen LogP contribution in [0.1, 0.15) is 13.8 Å². The van der Waals surface area contributed by atoms with E-state index in [1.165, 1.54) is 0 Å².